The van der Waals surface area contributed by atoms with Gasteiger partial charge in [-0.15, -0.1) is 0 Å². The molecular weight excluding hydrogens is 326 g/mol. The van der Waals surface area contributed by atoms with E-state index in [0.717, 1.165) is 59.9 Å². The van der Waals surface area contributed by atoms with Gasteiger partial charge in [0.2, 0.25) is 0 Å². The largest absolute Gasteiger partial charge is 0.392 e. The summed E-state index contributed by atoms with van der Waals surface area (Å²) in [6, 6.07) is 5.75. The Morgan fingerprint density at radius 1 is 1.21 bits per heavy atom. The molecule has 1 saturated heterocycles. The number of aliphatic hydroxyl groups is 1. The third kappa shape index (κ3) is 2.84. The highest BCUT2D eigenvalue weighted by molar-refractivity contribution is 6.31. The van der Waals surface area contributed by atoms with Crippen LogP contribution in [0.1, 0.15) is 5.56 Å². The number of nitrogens with zero attached hydrogens (tertiary/aromatic N) is 3. The predicted molar refractivity (Wildman–Crippen MR) is 95.3 cm³/mol. The van der Waals surface area contributed by atoms with E-state index >= 15 is 0 Å². The average Bonchev–Trinajstić information content (AvgIpc) is 3.05. The predicted octanol–water partition coefficient (Wildman–Crippen LogP) is 2.18. The van der Waals surface area contributed by atoms with Crippen LogP contribution in [0.4, 0.5) is 5.82 Å². The summed E-state index contributed by atoms with van der Waals surface area (Å²) in [5.74, 6) is 0.891. The number of aliphatic hydroxyl groups excluding tert-OH is 1. The van der Waals surface area contributed by atoms with E-state index < -0.39 is 0 Å². The molecule has 4 rings (SSSR count). The minimum absolute atomic E-state index is 0.0179. The highest BCUT2D eigenvalue weighted by Crippen LogP contribution is 2.30. The number of hydrogen-bond donors (Lipinski definition) is 3. The Kier molecular flexibility index (Phi) is 4.10. The minimum atomic E-state index is -0.0179. The molecule has 3 aromatic rings. The van der Waals surface area contributed by atoms with Crippen LogP contribution >= 0.6 is 11.6 Å². The topological polar surface area (TPSA) is 77.1 Å². The number of rotatable bonds is 3. The lowest BCUT2D eigenvalue weighted by atomic mass is 10.1. The van der Waals surface area contributed by atoms with Gasteiger partial charge in [-0.05, 0) is 23.8 Å². The number of H-pyrrole nitrogens is 1. The average molecular weight is 344 g/mol. The molecule has 7 heteroatoms. The maximum absolute atomic E-state index is 9.64. The molecule has 0 amide bonds. The van der Waals surface area contributed by atoms with Gasteiger partial charge in [0.1, 0.15) is 11.5 Å². The third-order valence-corrected chi connectivity index (χ3v) is 4.48. The summed E-state index contributed by atoms with van der Waals surface area (Å²) in [7, 11) is 0. The Hall–Kier alpha value is -2.15. The molecule has 0 saturated carbocycles. The van der Waals surface area contributed by atoms with Gasteiger partial charge in [0.25, 0.3) is 0 Å². The van der Waals surface area contributed by atoms with Gasteiger partial charge in [-0.25, -0.2) is 9.97 Å². The number of nitrogens with one attached hydrogen (secondary N) is 2. The number of pyridine rings is 2. The smallest absolute Gasteiger partial charge is 0.138 e. The fraction of sp³-hybridized carbons (Fsp3) is 0.294. The number of piperazine rings is 1. The fourth-order valence-electron chi connectivity index (χ4n) is 3.05. The molecule has 6 nitrogen and oxygen atoms in total. The van der Waals surface area contributed by atoms with Crippen molar-refractivity contribution in [1.82, 2.24) is 20.3 Å². The van der Waals surface area contributed by atoms with Crippen molar-refractivity contribution in [3.8, 4) is 11.3 Å². The van der Waals surface area contributed by atoms with Gasteiger partial charge in [-0.2, -0.15) is 0 Å². The SMILES string of the molecule is OCc1cc(-c2c[nH]c3ncc(Cl)cc23)nc(N2CCNCC2)c1. The molecule has 1 fully saturated rings. The van der Waals surface area contributed by atoms with Crippen LogP contribution in [0, 0.1) is 0 Å². The first-order valence-corrected chi connectivity index (χ1v) is 8.33. The second-order valence-corrected chi connectivity index (χ2v) is 6.30. The highest BCUT2D eigenvalue weighted by Gasteiger charge is 2.16. The Balaban J connectivity index is 1.82. The van der Waals surface area contributed by atoms with Gasteiger partial charge in [0.05, 0.1) is 17.3 Å². The zero-order valence-corrected chi connectivity index (χ0v) is 13.8. The van der Waals surface area contributed by atoms with Crippen LogP contribution < -0.4 is 10.2 Å². The maximum Gasteiger partial charge on any atom is 0.138 e. The van der Waals surface area contributed by atoms with Gasteiger partial charge in [-0.3, -0.25) is 0 Å². The molecule has 0 bridgehead atoms. The van der Waals surface area contributed by atoms with Gasteiger partial charge >= 0.3 is 0 Å². The molecule has 1 aliphatic rings. The van der Waals surface area contributed by atoms with Gasteiger partial charge in [0.15, 0.2) is 0 Å². The van der Waals surface area contributed by atoms with Crippen molar-refractivity contribution in [2.45, 2.75) is 6.61 Å². The van der Waals surface area contributed by atoms with Crippen molar-refractivity contribution in [1.29, 1.82) is 0 Å². The lowest BCUT2D eigenvalue weighted by Gasteiger charge is -2.29. The van der Waals surface area contributed by atoms with Crippen LogP contribution in [0.2, 0.25) is 5.02 Å². The van der Waals surface area contributed by atoms with Crippen LogP contribution in [0.3, 0.4) is 0 Å². The molecule has 0 spiro atoms. The van der Waals surface area contributed by atoms with E-state index in [1.165, 1.54) is 0 Å². The molecule has 0 aliphatic carbocycles. The number of aromatic nitrogens is 3. The molecule has 3 N–H and O–H groups in total. The number of halogens is 1. The summed E-state index contributed by atoms with van der Waals surface area (Å²) in [5, 5.41) is 14.5. The van der Waals surface area contributed by atoms with Gasteiger partial charge < -0.3 is 20.3 Å². The van der Waals surface area contributed by atoms with Crippen molar-refractivity contribution in [2.75, 3.05) is 31.1 Å². The molecule has 24 heavy (non-hydrogen) atoms. The minimum Gasteiger partial charge on any atom is -0.392 e. The fourth-order valence-corrected chi connectivity index (χ4v) is 3.20. The van der Waals surface area contributed by atoms with Crippen molar-refractivity contribution >= 4 is 28.5 Å². The summed E-state index contributed by atoms with van der Waals surface area (Å²) >= 11 is 6.09. The van der Waals surface area contributed by atoms with E-state index in [0.29, 0.717) is 5.02 Å². The van der Waals surface area contributed by atoms with Crippen molar-refractivity contribution in [3.05, 3.63) is 41.2 Å². The molecule has 3 aromatic heterocycles. The van der Waals surface area contributed by atoms with E-state index in [-0.39, 0.29) is 6.61 Å². The molecule has 0 aromatic carbocycles. The standard InChI is InChI=1S/C17H18ClN5O/c18-12-7-13-14(9-21-17(13)20-8-12)15-5-11(10-24)6-16(22-15)23-3-1-19-2-4-23/h5-9,19,24H,1-4,10H2,(H,20,21). The van der Waals surface area contributed by atoms with E-state index in [4.69, 9.17) is 16.6 Å². The molecular formula is C17H18ClN5O. The summed E-state index contributed by atoms with van der Waals surface area (Å²) < 4.78 is 0. The first-order valence-electron chi connectivity index (χ1n) is 7.95. The Labute approximate surface area is 144 Å². The summed E-state index contributed by atoms with van der Waals surface area (Å²) in [4.78, 5) is 14.5. The molecule has 1 aliphatic heterocycles. The highest BCUT2D eigenvalue weighted by atomic mass is 35.5. The van der Waals surface area contributed by atoms with Crippen molar-refractivity contribution < 1.29 is 5.11 Å². The van der Waals surface area contributed by atoms with Crippen LogP contribution in [-0.2, 0) is 6.61 Å². The second-order valence-electron chi connectivity index (χ2n) is 5.87. The van der Waals surface area contributed by atoms with Crippen LogP contribution in [-0.4, -0.2) is 46.2 Å². The Bertz CT molecular complexity index is 873. The molecule has 0 unspecified atom stereocenters. The number of hydrogen-bond acceptors (Lipinski definition) is 5. The van der Waals surface area contributed by atoms with Gasteiger partial charge in [-0.1, -0.05) is 11.6 Å². The van der Waals surface area contributed by atoms with E-state index in [9.17, 15) is 5.11 Å². The summed E-state index contributed by atoms with van der Waals surface area (Å²) in [5.41, 5.74) is 3.37. The second kappa shape index (κ2) is 6.39. The van der Waals surface area contributed by atoms with E-state index in [1.807, 2.05) is 24.4 Å². The Morgan fingerprint density at radius 3 is 2.83 bits per heavy atom. The quantitative estimate of drug-likeness (QED) is 0.679. The lowest BCUT2D eigenvalue weighted by molar-refractivity contribution is 0.282. The molecule has 4 heterocycles. The molecule has 124 valence electrons. The first-order chi connectivity index (χ1) is 11.7. The van der Waals surface area contributed by atoms with Gasteiger partial charge in [0, 0.05) is 49.5 Å². The summed E-state index contributed by atoms with van der Waals surface area (Å²) in [6.07, 6.45) is 3.51. The van der Waals surface area contributed by atoms with Crippen molar-refractivity contribution in [2.24, 2.45) is 0 Å². The van der Waals surface area contributed by atoms with Crippen LogP contribution in [0.25, 0.3) is 22.3 Å². The van der Waals surface area contributed by atoms with E-state index in [1.54, 1.807) is 6.20 Å². The first kappa shape index (κ1) is 15.4. The Morgan fingerprint density at radius 2 is 2.04 bits per heavy atom. The molecule has 0 atom stereocenters. The number of aromatic amines is 1. The normalized spacial score (nSPS) is 15.2. The summed E-state index contributed by atoms with van der Waals surface area (Å²) in [6.45, 7) is 3.67. The van der Waals surface area contributed by atoms with Crippen molar-refractivity contribution in [3.63, 3.8) is 0 Å². The zero-order chi connectivity index (χ0) is 16.5. The monoisotopic (exact) mass is 343 g/mol. The molecule has 0 radical (unpaired) electrons. The number of fused-ring (bicyclic) bond motifs is 1. The van der Waals surface area contributed by atoms with Crippen LogP contribution in [0.5, 0.6) is 0 Å². The van der Waals surface area contributed by atoms with E-state index in [2.05, 4.69) is 20.2 Å². The maximum atomic E-state index is 9.64. The lowest BCUT2D eigenvalue weighted by Crippen LogP contribution is -2.43. The zero-order valence-electron chi connectivity index (χ0n) is 13.1. The third-order valence-electron chi connectivity index (χ3n) is 4.27. The van der Waals surface area contributed by atoms with Crippen LogP contribution in [0.15, 0.2) is 30.6 Å². The number of anilines is 1.